The van der Waals surface area contributed by atoms with E-state index in [1.54, 1.807) is 0 Å². The van der Waals surface area contributed by atoms with Crippen molar-refractivity contribution < 1.29 is 0 Å². The van der Waals surface area contributed by atoms with Crippen molar-refractivity contribution in [3.05, 3.63) is 157 Å². The summed E-state index contributed by atoms with van der Waals surface area (Å²) >= 11 is 1.88. The monoisotopic (exact) mass is 702 g/mol. The van der Waals surface area contributed by atoms with Crippen LogP contribution in [0, 0.1) is 0 Å². The quantitative estimate of drug-likeness (QED) is 0.173. The number of fused-ring (bicyclic) bond motifs is 9. The molecule has 0 radical (unpaired) electrons. The van der Waals surface area contributed by atoms with Crippen LogP contribution < -0.4 is 0 Å². The fraction of sp³-hybridized carbons (Fsp3) is 0.160. The predicted octanol–water partition coefficient (Wildman–Crippen LogP) is 14.5. The summed E-state index contributed by atoms with van der Waals surface area (Å²) in [5, 5.41) is 7.89. The zero-order chi connectivity index (χ0) is 36.2. The van der Waals surface area contributed by atoms with Gasteiger partial charge < -0.3 is 9.13 Å². The zero-order valence-electron chi connectivity index (χ0n) is 31.2. The Labute approximate surface area is 314 Å². The number of para-hydroxylation sites is 1. The van der Waals surface area contributed by atoms with E-state index in [0.29, 0.717) is 0 Å². The van der Waals surface area contributed by atoms with Crippen molar-refractivity contribution in [3.63, 3.8) is 0 Å². The van der Waals surface area contributed by atoms with Crippen LogP contribution in [0.25, 0.3) is 86.3 Å². The normalized spacial score (nSPS) is 12.7. The second-order valence-electron chi connectivity index (χ2n) is 16.7. The highest BCUT2D eigenvalue weighted by Gasteiger charge is 2.21. The lowest BCUT2D eigenvalue weighted by atomic mass is 9.85. The summed E-state index contributed by atoms with van der Waals surface area (Å²) in [7, 11) is 0. The van der Waals surface area contributed by atoms with Crippen molar-refractivity contribution >= 4 is 75.1 Å². The molecule has 0 fully saturated rings. The first-order valence-corrected chi connectivity index (χ1v) is 19.5. The third kappa shape index (κ3) is 5.05. The van der Waals surface area contributed by atoms with Gasteiger partial charge >= 0.3 is 0 Å². The van der Waals surface area contributed by atoms with Gasteiger partial charge in [-0.05, 0) is 106 Å². The molecule has 0 amide bonds. The summed E-state index contributed by atoms with van der Waals surface area (Å²) in [6.07, 6.45) is 0. The van der Waals surface area contributed by atoms with Crippen molar-refractivity contribution in [1.82, 2.24) is 9.13 Å². The Morgan fingerprint density at radius 1 is 0.358 bits per heavy atom. The SMILES string of the molecule is CC(C)(C)c1ccc2c(c1)c1cc(C(C)(C)C)ccc1n2-c1ccc(-c2ccc(-n3c4ccccc4c4cc5c(cc43)sc3ccccc35)cc2)cc1. The van der Waals surface area contributed by atoms with Gasteiger partial charge in [0.2, 0.25) is 0 Å². The number of hydrogen-bond donors (Lipinski definition) is 0. The molecule has 10 rings (SSSR count). The van der Waals surface area contributed by atoms with E-state index < -0.39 is 0 Å². The fourth-order valence-electron chi connectivity index (χ4n) is 8.31. The van der Waals surface area contributed by atoms with Gasteiger partial charge in [-0.25, -0.2) is 0 Å². The van der Waals surface area contributed by atoms with E-state index in [9.17, 15) is 0 Å². The Balaban J connectivity index is 1.05. The molecule has 0 unspecified atom stereocenters. The van der Waals surface area contributed by atoms with Gasteiger partial charge in [-0.15, -0.1) is 11.3 Å². The summed E-state index contributed by atoms with van der Waals surface area (Å²) in [4.78, 5) is 0. The van der Waals surface area contributed by atoms with Crippen LogP contribution in [-0.2, 0) is 10.8 Å². The Bertz CT molecular complexity index is 2970. The summed E-state index contributed by atoms with van der Waals surface area (Å²) in [6, 6.07) is 54.6. The van der Waals surface area contributed by atoms with Crippen LogP contribution in [0.15, 0.2) is 146 Å². The molecule has 0 atom stereocenters. The third-order valence-corrected chi connectivity index (χ3v) is 12.4. The van der Waals surface area contributed by atoms with E-state index in [-0.39, 0.29) is 10.8 Å². The minimum absolute atomic E-state index is 0.0781. The van der Waals surface area contributed by atoms with Crippen molar-refractivity contribution in [2.24, 2.45) is 0 Å². The zero-order valence-corrected chi connectivity index (χ0v) is 32.0. The molecule has 0 aliphatic carbocycles. The van der Waals surface area contributed by atoms with E-state index in [1.807, 2.05) is 11.3 Å². The number of rotatable bonds is 3. The maximum Gasteiger partial charge on any atom is 0.0555 e. The van der Waals surface area contributed by atoms with Gasteiger partial charge in [0.1, 0.15) is 0 Å². The van der Waals surface area contributed by atoms with Gasteiger partial charge in [0.05, 0.1) is 22.1 Å². The lowest BCUT2D eigenvalue weighted by Crippen LogP contribution is -2.10. The molecule has 10 aromatic rings. The highest BCUT2D eigenvalue weighted by atomic mass is 32.1. The van der Waals surface area contributed by atoms with E-state index in [0.717, 1.165) is 0 Å². The number of aromatic nitrogens is 2. The van der Waals surface area contributed by atoms with Crippen LogP contribution in [0.3, 0.4) is 0 Å². The highest BCUT2D eigenvalue weighted by molar-refractivity contribution is 7.25. The number of hydrogen-bond acceptors (Lipinski definition) is 1. The Morgan fingerprint density at radius 3 is 1.40 bits per heavy atom. The Hall–Kier alpha value is -5.64. The van der Waals surface area contributed by atoms with Crippen molar-refractivity contribution in [2.45, 2.75) is 52.4 Å². The molecule has 0 N–H and O–H groups in total. The first-order valence-electron chi connectivity index (χ1n) is 18.7. The van der Waals surface area contributed by atoms with Crippen LogP contribution in [0.2, 0.25) is 0 Å². The van der Waals surface area contributed by atoms with Gasteiger partial charge in [0, 0.05) is 53.1 Å². The maximum atomic E-state index is 2.44. The second-order valence-corrected chi connectivity index (χ2v) is 17.8. The Kier molecular flexibility index (Phi) is 6.91. The van der Waals surface area contributed by atoms with Crippen molar-refractivity contribution in [2.75, 3.05) is 0 Å². The standard InChI is InChI=1S/C50H42N2S/c1-49(2,3)33-19-25-44-39(27-33)40-28-34(50(4,5)6)20-26-45(40)51(44)35-21-15-31(16-22-35)32-17-23-36(24-18-32)52-43-13-9-7-11-37(43)41-29-42-38-12-8-10-14-47(38)53-48(42)30-46(41)52/h7-30H,1-6H3. The second kappa shape index (κ2) is 11.4. The highest BCUT2D eigenvalue weighted by Crippen LogP contribution is 2.41. The molecular formula is C50H42N2S. The Morgan fingerprint density at radius 2 is 0.830 bits per heavy atom. The molecule has 258 valence electrons. The molecule has 0 saturated heterocycles. The molecule has 0 aliphatic rings. The summed E-state index contributed by atoms with van der Waals surface area (Å²) in [5.74, 6) is 0. The van der Waals surface area contributed by atoms with Crippen LogP contribution >= 0.6 is 11.3 Å². The van der Waals surface area contributed by atoms with Gasteiger partial charge in [-0.3, -0.25) is 0 Å². The first kappa shape index (κ1) is 32.0. The van der Waals surface area contributed by atoms with Gasteiger partial charge in [0.15, 0.2) is 0 Å². The van der Waals surface area contributed by atoms with E-state index >= 15 is 0 Å². The smallest absolute Gasteiger partial charge is 0.0555 e. The first-order chi connectivity index (χ1) is 25.5. The molecular weight excluding hydrogens is 661 g/mol. The fourth-order valence-corrected chi connectivity index (χ4v) is 9.43. The molecule has 3 heterocycles. The minimum Gasteiger partial charge on any atom is -0.309 e. The number of nitrogens with zero attached hydrogens (tertiary/aromatic N) is 2. The molecule has 53 heavy (non-hydrogen) atoms. The van der Waals surface area contributed by atoms with Crippen LogP contribution in [0.4, 0.5) is 0 Å². The van der Waals surface area contributed by atoms with Gasteiger partial charge in [0.25, 0.3) is 0 Å². The molecule has 0 saturated carbocycles. The van der Waals surface area contributed by atoms with E-state index in [1.165, 1.54) is 97.4 Å². The lowest BCUT2D eigenvalue weighted by molar-refractivity contribution is 0.590. The summed E-state index contributed by atoms with van der Waals surface area (Å²) in [5.41, 5.74) is 12.6. The molecule has 0 aliphatic heterocycles. The third-order valence-electron chi connectivity index (χ3n) is 11.3. The minimum atomic E-state index is 0.0781. The van der Waals surface area contributed by atoms with Crippen LogP contribution in [0.1, 0.15) is 52.7 Å². The van der Waals surface area contributed by atoms with Gasteiger partial charge in [-0.1, -0.05) is 114 Å². The largest absolute Gasteiger partial charge is 0.309 e. The van der Waals surface area contributed by atoms with Crippen LogP contribution in [-0.4, -0.2) is 9.13 Å². The van der Waals surface area contributed by atoms with Crippen molar-refractivity contribution in [1.29, 1.82) is 0 Å². The summed E-state index contributed by atoms with van der Waals surface area (Å²) < 4.78 is 7.53. The number of benzene rings is 7. The maximum absolute atomic E-state index is 2.44. The molecule has 0 bridgehead atoms. The van der Waals surface area contributed by atoms with Crippen LogP contribution in [0.5, 0.6) is 0 Å². The summed E-state index contributed by atoms with van der Waals surface area (Å²) in [6.45, 7) is 13.8. The number of thiophene rings is 1. The molecule has 2 nitrogen and oxygen atoms in total. The van der Waals surface area contributed by atoms with E-state index in [4.69, 9.17) is 0 Å². The molecule has 7 aromatic carbocycles. The molecule has 0 spiro atoms. The van der Waals surface area contributed by atoms with Gasteiger partial charge in [-0.2, -0.15) is 0 Å². The topological polar surface area (TPSA) is 9.86 Å². The lowest BCUT2D eigenvalue weighted by Gasteiger charge is -2.19. The average molecular weight is 703 g/mol. The van der Waals surface area contributed by atoms with Crippen molar-refractivity contribution in [3.8, 4) is 22.5 Å². The molecule has 3 heteroatoms. The average Bonchev–Trinajstić information content (AvgIpc) is 3.80. The van der Waals surface area contributed by atoms with E-state index in [2.05, 4.69) is 196 Å². The molecule has 3 aromatic heterocycles. The predicted molar refractivity (Wildman–Crippen MR) is 231 cm³/mol.